The summed E-state index contributed by atoms with van der Waals surface area (Å²) in [5, 5.41) is 0. The summed E-state index contributed by atoms with van der Waals surface area (Å²) in [6.07, 6.45) is 0. The number of rotatable bonds is 11. The molecule has 3 aromatic rings. The van der Waals surface area contributed by atoms with Gasteiger partial charge in [-0.15, -0.1) is 0 Å². The number of hydrogen-bond donors (Lipinski definition) is 0. The first-order chi connectivity index (χ1) is 17.4. The minimum absolute atomic E-state index is 0.0561. The van der Waals surface area contributed by atoms with E-state index >= 15 is 0 Å². The van der Waals surface area contributed by atoms with E-state index in [4.69, 9.17) is 18.6 Å². The lowest BCUT2D eigenvalue weighted by molar-refractivity contribution is -0.142. The van der Waals surface area contributed by atoms with Gasteiger partial charge in [0.15, 0.2) is 18.1 Å². The highest BCUT2D eigenvalue weighted by Gasteiger charge is 2.24. The molecule has 2 amide bonds. The van der Waals surface area contributed by atoms with Crippen LogP contribution in [-0.4, -0.2) is 48.1 Å². The molecule has 8 heteroatoms. The predicted molar refractivity (Wildman–Crippen MR) is 134 cm³/mol. The first-order valence-corrected chi connectivity index (χ1v) is 12.0. The summed E-state index contributed by atoms with van der Waals surface area (Å²) >= 11 is 0. The van der Waals surface area contributed by atoms with Gasteiger partial charge >= 0.3 is 0 Å². The maximum Gasteiger partial charge on any atom is 0.260 e. The highest BCUT2D eigenvalue weighted by Crippen LogP contribution is 2.33. The monoisotopic (exact) mass is 492 g/mol. The van der Waals surface area contributed by atoms with Crippen molar-refractivity contribution in [2.75, 3.05) is 26.5 Å². The van der Waals surface area contributed by atoms with E-state index in [0.717, 1.165) is 11.3 Å². The molecule has 0 saturated carbocycles. The molecule has 0 N–H and O–H groups in total. The average Bonchev–Trinajstić information content (AvgIpc) is 3.50. The quantitative estimate of drug-likeness (QED) is 0.394. The summed E-state index contributed by atoms with van der Waals surface area (Å²) in [6.45, 7) is 6.94. The molecule has 2 aromatic carbocycles. The lowest BCUT2D eigenvalue weighted by atomic mass is 10.1. The molecule has 0 fully saturated rings. The van der Waals surface area contributed by atoms with Gasteiger partial charge in [0.25, 0.3) is 5.91 Å². The van der Waals surface area contributed by atoms with E-state index in [-0.39, 0.29) is 44.2 Å². The normalized spacial score (nSPS) is 12.0. The first-order valence-electron chi connectivity index (χ1n) is 12.0. The molecule has 4 rings (SSSR count). The van der Waals surface area contributed by atoms with Gasteiger partial charge in [0.2, 0.25) is 12.7 Å². The van der Waals surface area contributed by atoms with Gasteiger partial charge in [-0.05, 0) is 54.8 Å². The SMILES string of the molecule is Cc1ccc(CN(Cc2ccc3c(c2)OCO3)C(=O)CN(CC(C)C)C(=O)COc2ccccc2)o1. The molecule has 2 heterocycles. The fraction of sp³-hybridized carbons (Fsp3) is 0.357. The van der Waals surface area contributed by atoms with Crippen LogP contribution in [0.4, 0.5) is 0 Å². The lowest BCUT2D eigenvalue weighted by Crippen LogP contribution is -2.45. The molecule has 0 atom stereocenters. The summed E-state index contributed by atoms with van der Waals surface area (Å²) < 4.78 is 22.3. The van der Waals surface area contributed by atoms with Crippen LogP contribution in [0.25, 0.3) is 0 Å². The van der Waals surface area contributed by atoms with Crippen LogP contribution in [0.2, 0.25) is 0 Å². The van der Waals surface area contributed by atoms with Crippen LogP contribution in [0.1, 0.15) is 30.9 Å². The van der Waals surface area contributed by atoms with Crippen LogP contribution < -0.4 is 14.2 Å². The van der Waals surface area contributed by atoms with Gasteiger partial charge in [-0.1, -0.05) is 38.1 Å². The van der Waals surface area contributed by atoms with Crippen molar-refractivity contribution in [1.29, 1.82) is 0 Å². The second-order valence-corrected chi connectivity index (χ2v) is 9.22. The van der Waals surface area contributed by atoms with Crippen molar-refractivity contribution >= 4 is 11.8 Å². The van der Waals surface area contributed by atoms with Crippen molar-refractivity contribution in [2.24, 2.45) is 5.92 Å². The fourth-order valence-electron chi connectivity index (χ4n) is 3.96. The molecule has 0 radical (unpaired) electrons. The number of hydrogen-bond acceptors (Lipinski definition) is 6. The molecule has 1 aliphatic rings. The number of fused-ring (bicyclic) bond motifs is 1. The van der Waals surface area contributed by atoms with E-state index < -0.39 is 0 Å². The van der Waals surface area contributed by atoms with E-state index in [0.29, 0.717) is 36.1 Å². The molecule has 0 spiro atoms. The van der Waals surface area contributed by atoms with E-state index in [2.05, 4.69) is 0 Å². The Balaban J connectivity index is 1.48. The molecule has 0 aliphatic carbocycles. The highest BCUT2D eigenvalue weighted by molar-refractivity contribution is 5.85. The van der Waals surface area contributed by atoms with Gasteiger partial charge < -0.3 is 28.4 Å². The van der Waals surface area contributed by atoms with Crippen LogP contribution in [0.15, 0.2) is 65.1 Å². The largest absolute Gasteiger partial charge is 0.484 e. The van der Waals surface area contributed by atoms with Crippen LogP contribution in [0.5, 0.6) is 17.2 Å². The maximum atomic E-state index is 13.6. The Hall–Kier alpha value is -3.94. The van der Waals surface area contributed by atoms with Gasteiger partial charge in [-0.2, -0.15) is 0 Å². The number of nitrogens with zero attached hydrogens (tertiary/aromatic N) is 2. The molecule has 0 bridgehead atoms. The van der Waals surface area contributed by atoms with E-state index in [9.17, 15) is 9.59 Å². The van der Waals surface area contributed by atoms with Crippen LogP contribution in [-0.2, 0) is 22.7 Å². The summed E-state index contributed by atoms with van der Waals surface area (Å²) in [5.41, 5.74) is 0.894. The molecule has 8 nitrogen and oxygen atoms in total. The summed E-state index contributed by atoms with van der Waals surface area (Å²) in [6, 6.07) is 18.5. The molecule has 0 saturated heterocycles. The second-order valence-electron chi connectivity index (χ2n) is 9.22. The lowest BCUT2D eigenvalue weighted by Gasteiger charge is -2.28. The Bertz CT molecular complexity index is 1170. The molecule has 36 heavy (non-hydrogen) atoms. The fourth-order valence-corrected chi connectivity index (χ4v) is 3.96. The van der Waals surface area contributed by atoms with Crippen molar-refractivity contribution in [2.45, 2.75) is 33.9 Å². The summed E-state index contributed by atoms with van der Waals surface area (Å²) in [4.78, 5) is 29.9. The number of amides is 2. The maximum absolute atomic E-state index is 13.6. The van der Waals surface area contributed by atoms with Crippen molar-refractivity contribution in [3.63, 3.8) is 0 Å². The predicted octanol–water partition coefficient (Wildman–Crippen LogP) is 4.41. The van der Waals surface area contributed by atoms with Gasteiger partial charge in [0.05, 0.1) is 13.1 Å². The number of aryl methyl sites for hydroxylation is 1. The van der Waals surface area contributed by atoms with Gasteiger partial charge in [0.1, 0.15) is 17.3 Å². The molecule has 190 valence electrons. The smallest absolute Gasteiger partial charge is 0.260 e. The third-order valence-electron chi connectivity index (χ3n) is 5.68. The number of furan rings is 1. The molecular weight excluding hydrogens is 460 g/mol. The van der Waals surface area contributed by atoms with Crippen LogP contribution in [0, 0.1) is 12.8 Å². The standard InChI is InChI=1S/C28H32N2O6/c1-20(2)14-29(28(32)18-33-23-7-5-4-6-8-23)17-27(31)30(16-24-11-9-21(3)36-24)15-22-10-12-25-26(13-22)35-19-34-25/h4-13,20H,14-19H2,1-3H3. The first kappa shape index (κ1) is 25.2. The van der Waals surface area contributed by atoms with E-state index in [1.165, 1.54) is 0 Å². The number of carbonyl (C=O) groups is 2. The number of para-hydroxylation sites is 1. The molecule has 0 unspecified atom stereocenters. The van der Waals surface area contributed by atoms with E-state index in [1.807, 2.05) is 69.3 Å². The minimum Gasteiger partial charge on any atom is -0.484 e. The van der Waals surface area contributed by atoms with Crippen LogP contribution in [0.3, 0.4) is 0 Å². The molecule has 1 aromatic heterocycles. The third-order valence-corrected chi connectivity index (χ3v) is 5.68. The molecule has 1 aliphatic heterocycles. The van der Waals surface area contributed by atoms with Crippen molar-refractivity contribution in [3.8, 4) is 17.2 Å². The van der Waals surface area contributed by atoms with Crippen molar-refractivity contribution in [3.05, 3.63) is 77.7 Å². The third kappa shape index (κ3) is 6.81. The second kappa shape index (κ2) is 11.7. The topological polar surface area (TPSA) is 81.5 Å². The summed E-state index contributed by atoms with van der Waals surface area (Å²) in [5.74, 6) is 3.17. The Morgan fingerprint density at radius 3 is 2.42 bits per heavy atom. The zero-order valence-electron chi connectivity index (χ0n) is 20.9. The number of benzene rings is 2. The van der Waals surface area contributed by atoms with Gasteiger partial charge in [0, 0.05) is 13.1 Å². The van der Waals surface area contributed by atoms with Crippen molar-refractivity contribution < 1.29 is 28.2 Å². The highest BCUT2D eigenvalue weighted by atomic mass is 16.7. The van der Waals surface area contributed by atoms with E-state index in [1.54, 1.807) is 21.9 Å². The van der Waals surface area contributed by atoms with Crippen LogP contribution >= 0.6 is 0 Å². The minimum atomic E-state index is -0.238. The van der Waals surface area contributed by atoms with Crippen molar-refractivity contribution in [1.82, 2.24) is 9.80 Å². The Morgan fingerprint density at radius 2 is 1.69 bits per heavy atom. The average molecular weight is 493 g/mol. The van der Waals surface area contributed by atoms with Gasteiger partial charge in [-0.25, -0.2) is 0 Å². The molecular formula is C28H32N2O6. The Kier molecular flexibility index (Phi) is 8.15. The number of carbonyl (C=O) groups excluding carboxylic acids is 2. The Morgan fingerprint density at radius 1 is 0.917 bits per heavy atom. The zero-order valence-corrected chi connectivity index (χ0v) is 20.9. The zero-order chi connectivity index (χ0) is 25.5. The summed E-state index contributed by atoms with van der Waals surface area (Å²) in [7, 11) is 0. The number of ether oxygens (including phenoxy) is 3. The van der Waals surface area contributed by atoms with Gasteiger partial charge in [-0.3, -0.25) is 9.59 Å². The Labute approximate surface area is 211 Å².